The number of hydrogen-bond acceptors (Lipinski definition) is 7. The molecule has 2 heterocycles. The van der Waals surface area contributed by atoms with Gasteiger partial charge in [0.15, 0.2) is 6.61 Å². The molecule has 0 spiro atoms. The van der Waals surface area contributed by atoms with Gasteiger partial charge in [0.2, 0.25) is 5.91 Å². The number of aromatic nitrogens is 1. The van der Waals surface area contributed by atoms with Crippen molar-refractivity contribution in [2.45, 2.75) is 13.3 Å². The summed E-state index contributed by atoms with van der Waals surface area (Å²) < 4.78 is 5.01. The fourth-order valence-corrected chi connectivity index (χ4v) is 3.82. The second-order valence-electron chi connectivity index (χ2n) is 5.80. The first-order valence-electron chi connectivity index (χ1n) is 8.30. The third-order valence-electron chi connectivity index (χ3n) is 3.50. The molecule has 9 heteroatoms. The smallest absolute Gasteiger partial charge is 0.312 e. The van der Waals surface area contributed by atoms with Gasteiger partial charge in [-0.1, -0.05) is 0 Å². The Bertz CT molecular complexity index is 965. The summed E-state index contributed by atoms with van der Waals surface area (Å²) in [4.78, 5) is 39.3. The van der Waals surface area contributed by atoms with Gasteiger partial charge < -0.3 is 15.4 Å². The second kappa shape index (κ2) is 9.25. The lowest BCUT2D eigenvalue weighted by Crippen LogP contribution is -2.21. The van der Waals surface area contributed by atoms with E-state index in [-0.39, 0.29) is 18.9 Å². The maximum Gasteiger partial charge on any atom is 0.312 e. The first kappa shape index (κ1) is 19.7. The summed E-state index contributed by atoms with van der Waals surface area (Å²) in [6.07, 6.45) is 0.0132. The van der Waals surface area contributed by atoms with E-state index in [0.717, 1.165) is 10.6 Å². The Kier molecular flexibility index (Phi) is 6.51. The summed E-state index contributed by atoms with van der Waals surface area (Å²) in [6, 6.07) is 8.59. The molecule has 1 aromatic carbocycles. The molecular formula is C19H17N3O4S2. The SMILES string of the molecule is CC(=O)Nc1ccc(NC(=O)COC(=O)Cc2csc(-c3ccsc3)n2)cc1. The average Bonchev–Trinajstić information content (AvgIpc) is 3.33. The maximum absolute atomic E-state index is 11.9. The Morgan fingerprint density at radius 2 is 1.75 bits per heavy atom. The lowest BCUT2D eigenvalue weighted by molar-refractivity contribution is -0.146. The van der Waals surface area contributed by atoms with Gasteiger partial charge in [-0.2, -0.15) is 11.3 Å². The van der Waals surface area contributed by atoms with Crippen molar-refractivity contribution in [1.29, 1.82) is 0 Å². The van der Waals surface area contributed by atoms with E-state index in [1.807, 2.05) is 22.2 Å². The van der Waals surface area contributed by atoms with E-state index in [4.69, 9.17) is 4.74 Å². The van der Waals surface area contributed by atoms with Crippen LogP contribution in [0.15, 0.2) is 46.5 Å². The van der Waals surface area contributed by atoms with Crippen molar-refractivity contribution in [3.8, 4) is 10.6 Å². The predicted molar refractivity (Wildman–Crippen MR) is 109 cm³/mol. The lowest BCUT2D eigenvalue weighted by Gasteiger charge is -2.07. The number of carbonyl (C=O) groups excluding carboxylic acids is 3. The van der Waals surface area contributed by atoms with Crippen LogP contribution in [0.2, 0.25) is 0 Å². The van der Waals surface area contributed by atoms with Crippen LogP contribution in [0, 0.1) is 0 Å². The van der Waals surface area contributed by atoms with Gasteiger partial charge in [-0.25, -0.2) is 4.98 Å². The number of hydrogen-bond donors (Lipinski definition) is 2. The number of nitrogens with one attached hydrogen (secondary N) is 2. The average molecular weight is 415 g/mol. The number of rotatable bonds is 7. The standard InChI is InChI=1S/C19H17N3O4S2/c1-12(23)20-14-2-4-15(5-3-14)21-17(24)9-26-18(25)8-16-11-28-19(22-16)13-6-7-27-10-13/h2-7,10-11H,8-9H2,1H3,(H,20,23)(H,21,24). The molecule has 0 saturated carbocycles. The molecule has 0 aliphatic carbocycles. The molecule has 2 aromatic heterocycles. The van der Waals surface area contributed by atoms with Crippen LogP contribution in [0.5, 0.6) is 0 Å². The van der Waals surface area contributed by atoms with Gasteiger partial charge in [0.05, 0.1) is 12.1 Å². The van der Waals surface area contributed by atoms with Gasteiger partial charge in [0.1, 0.15) is 5.01 Å². The van der Waals surface area contributed by atoms with E-state index in [2.05, 4.69) is 15.6 Å². The van der Waals surface area contributed by atoms with Gasteiger partial charge in [-0.05, 0) is 35.7 Å². The number of benzene rings is 1. The number of thiazole rings is 1. The van der Waals surface area contributed by atoms with Crippen molar-refractivity contribution in [1.82, 2.24) is 4.98 Å². The van der Waals surface area contributed by atoms with Crippen LogP contribution in [0.4, 0.5) is 11.4 Å². The highest BCUT2D eigenvalue weighted by Gasteiger charge is 2.12. The first-order chi connectivity index (χ1) is 13.5. The summed E-state index contributed by atoms with van der Waals surface area (Å²) >= 11 is 3.05. The molecular weight excluding hydrogens is 398 g/mol. The summed E-state index contributed by atoms with van der Waals surface area (Å²) in [6.45, 7) is 1.03. The van der Waals surface area contributed by atoms with Gasteiger partial charge in [0, 0.05) is 34.6 Å². The van der Waals surface area contributed by atoms with Crippen LogP contribution in [0.25, 0.3) is 10.6 Å². The monoisotopic (exact) mass is 415 g/mol. The predicted octanol–water partition coefficient (Wildman–Crippen LogP) is 3.55. The minimum Gasteiger partial charge on any atom is -0.455 e. The number of thiophene rings is 1. The van der Waals surface area contributed by atoms with Crippen LogP contribution < -0.4 is 10.6 Å². The van der Waals surface area contributed by atoms with Crippen molar-refractivity contribution in [3.05, 3.63) is 52.2 Å². The molecule has 3 rings (SSSR count). The lowest BCUT2D eigenvalue weighted by atomic mass is 10.2. The minimum absolute atomic E-state index is 0.0132. The van der Waals surface area contributed by atoms with Crippen molar-refractivity contribution < 1.29 is 19.1 Å². The number of anilines is 2. The topological polar surface area (TPSA) is 97.4 Å². The molecule has 0 atom stereocenters. The summed E-state index contributed by atoms with van der Waals surface area (Å²) in [5.41, 5.74) is 2.81. The van der Waals surface area contributed by atoms with E-state index >= 15 is 0 Å². The number of nitrogens with zero attached hydrogens (tertiary/aromatic N) is 1. The largest absolute Gasteiger partial charge is 0.455 e. The summed E-state index contributed by atoms with van der Waals surface area (Å²) in [5.74, 6) is -1.14. The number of carbonyl (C=O) groups is 3. The van der Waals surface area contributed by atoms with Crippen molar-refractivity contribution in [3.63, 3.8) is 0 Å². The van der Waals surface area contributed by atoms with Crippen molar-refractivity contribution in [2.24, 2.45) is 0 Å². The molecule has 28 heavy (non-hydrogen) atoms. The second-order valence-corrected chi connectivity index (χ2v) is 7.44. The molecule has 2 amide bonds. The Morgan fingerprint density at radius 3 is 2.39 bits per heavy atom. The third-order valence-corrected chi connectivity index (χ3v) is 5.12. The summed E-state index contributed by atoms with van der Waals surface area (Å²) in [7, 11) is 0. The molecule has 0 bridgehead atoms. The van der Waals surface area contributed by atoms with Gasteiger partial charge in [0.25, 0.3) is 5.91 Å². The third kappa shape index (κ3) is 5.73. The van der Waals surface area contributed by atoms with Gasteiger partial charge >= 0.3 is 5.97 Å². The Balaban J connectivity index is 1.44. The maximum atomic E-state index is 11.9. The normalized spacial score (nSPS) is 10.3. The van der Waals surface area contributed by atoms with E-state index in [1.54, 1.807) is 35.6 Å². The molecule has 0 aliphatic rings. The zero-order valence-electron chi connectivity index (χ0n) is 14.9. The Morgan fingerprint density at radius 1 is 1.04 bits per heavy atom. The Hall–Kier alpha value is -3.04. The first-order valence-corrected chi connectivity index (χ1v) is 10.1. The van der Waals surface area contributed by atoms with Crippen LogP contribution in [-0.2, 0) is 25.5 Å². The highest BCUT2D eigenvalue weighted by Crippen LogP contribution is 2.25. The fraction of sp³-hybridized carbons (Fsp3) is 0.158. The number of ether oxygens (including phenoxy) is 1. The molecule has 0 aliphatic heterocycles. The minimum atomic E-state index is -0.515. The zero-order valence-corrected chi connectivity index (χ0v) is 16.6. The molecule has 0 radical (unpaired) electrons. The van der Waals surface area contributed by atoms with E-state index in [0.29, 0.717) is 17.1 Å². The molecule has 7 nitrogen and oxygen atoms in total. The quantitative estimate of drug-likeness (QED) is 0.575. The van der Waals surface area contributed by atoms with Crippen molar-refractivity contribution >= 4 is 51.8 Å². The van der Waals surface area contributed by atoms with E-state index in [1.165, 1.54) is 18.3 Å². The number of esters is 1. The van der Waals surface area contributed by atoms with E-state index < -0.39 is 11.9 Å². The highest BCUT2D eigenvalue weighted by atomic mass is 32.1. The van der Waals surface area contributed by atoms with Crippen LogP contribution in [0.3, 0.4) is 0 Å². The summed E-state index contributed by atoms with van der Waals surface area (Å²) in [5, 5.41) is 11.9. The van der Waals surface area contributed by atoms with Crippen LogP contribution in [0.1, 0.15) is 12.6 Å². The molecule has 0 unspecified atom stereocenters. The number of amides is 2. The van der Waals surface area contributed by atoms with Crippen LogP contribution >= 0.6 is 22.7 Å². The molecule has 144 valence electrons. The molecule has 2 N–H and O–H groups in total. The molecule has 0 fully saturated rings. The highest BCUT2D eigenvalue weighted by molar-refractivity contribution is 7.14. The molecule has 0 saturated heterocycles. The Labute approximate surface area is 169 Å². The van der Waals surface area contributed by atoms with Crippen LogP contribution in [-0.4, -0.2) is 29.4 Å². The fourth-order valence-electron chi connectivity index (χ4n) is 2.29. The van der Waals surface area contributed by atoms with Gasteiger partial charge in [-0.15, -0.1) is 11.3 Å². The molecule has 3 aromatic rings. The zero-order chi connectivity index (χ0) is 19.9. The van der Waals surface area contributed by atoms with E-state index in [9.17, 15) is 14.4 Å². The van der Waals surface area contributed by atoms with Crippen molar-refractivity contribution in [2.75, 3.05) is 17.2 Å². The van der Waals surface area contributed by atoms with Gasteiger partial charge in [-0.3, -0.25) is 14.4 Å².